The summed E-state index contributed by atoms with van der Waals surface area (Å²) in [5, 5.41) is 6.55. The van der Waals surface area contributed by atoms with Gasteiger partial charge in [0.2, 0.25) is 5.89 Å². The number of carbonyl (C=O) groups is 1. The van der Waals surface area contributed by atoms with Gasteiger partial charge >= 0.3 is 0 Å². The van der Waals surface area contributed by atoms with Crippen molar-refractivity contribution in [2.45, 2.75) is 30.5 Å². The highest BCUT2D eigenvalue weighted by Gasteiger charge is 2.17. The highest BCUT2D eigenvalue weighted by molar-refractivity contribution is 7.98. The fraction of sp³-hybridized carbons (Fsp3) is 0.211. The summed E-state index contributed by atoms with van der Waals surface area (Å²) < 4.78 is 31.6. The van der Waals surface area contributed by atoms with Crippen LogP contribution in [0.25, 0.3) is 0 Å². The van der Waals surface area contributed by atoms with Gasteiger partial charge in [-0.3, -0.25) is 4.79 Å². The summed E-state index contributed by atoms with van der Waals surface area (Å²) in [6.45, 7) is 3.44. The van der Waals surface area contributed by atoms with E-state index >= 15 is 0 Å². The van der Waals surface area contributed by atoms with Crippen LogP contribution in [0.2, 0.25) is 0 Å². The van der Waals surface area contributed by atoms with Crippen LogP contribution in [0.1, 0.15) is 40.6 Å². The molecular weight excluding hydrogens is 372 g/mol. The predicted molar refractivity (Wildman–Crippen MR) is 97.3 cm³/mol. The maximum atomic E-state index is 13.4. The SMILES string of the molecule is Cc1noc(CSc2ccccc2C(=O)NC(C)c2ccc(F)c(F)c2)n1. The molecule has 1 amide bonds. The number of benzene rings is 2. The molecule has 0 aliphatic carbocycles. The van der Waals surface area contributed by atoms with Crippen molar-refractivity contribution in [3.63, 3.8) is 0 Å². The van der Waals surface area contributed by atoms with Crippen LogP contribution in [-0.2, 0) is 5.75 Å². The van der Waals surface area contributed by atoms with E-state index in [0.29, 0.717) is 28.6 Å². The minimum absolute atomic E-state index is 0.308. The Bertz CT molecular complexity index is 962. The summed E-state index contributed by atoms with van der Waals surface area (Å²) in [5.74, 6) is -0.712. The van der Waals surface area contributed by atoms with Crippen molar-refractivity contribution in [2.24, 2.45) is 0 Å². The maximum absolute atomic E-state index is 13.4. The van der Waals surface area contributed by atoms with Crippen molar-refractivity contribution in [3.8, 4) is 0 Å². The van der Waals surface area contributed by atoms with E-state index < -0.39 is 17.7 Å². The summed E-state index contributed by atoms with van der Waals surface area (Å²) in [5.41, 5.74) is 0.960. The van der Waals surface area contributed by atoms with E-state index in [1.807, 2.05) is 12.1 Å². The number of nitrogens with zero attached hydrogens (tertiary/aromatic N) is 2. The molecule has 0 aliphatic heterocycles. The summed E-state index contributed by atoms with van der Waals surface area (Å²) in [4.78, 5) is 17.6. The minimum Gasteiger partial charge on any atom is -0.345 e. The van der Waals surface area contributed by atoms with Gasteiger partial charge in [-0.2, -0.15) is 4.98 Å². The highest BCUT2D eigenvalue weighted by atomic mass is 32.2. The van der Waals surface area contributed by atoms with Crippen molar-refractivity contribution in [1.29, 1.82) is 0 Å². The molecule has 0 spiro atoms. The van der Waals surface area contributed by atoms with Crippen LogP contribution in [-0.4, -0.2) is 16.0 Å². The molecule has 5 nitrogen and oxygen atoms in total. The second-order valence-corrected chi connectivity index (χ2v) is 6.91. The smallest absolute Gasteiger partial charge is 0.252 e. The quantitative estimate of drug-likeness (QED) is 0.631. The average Bonchev–Trinajstić information content (AvgIpc) is 3.07. The van der Waals surface area contributed by atoms with Crippen molar-refractivity contribution in [3.05, 3.63) is 76.9 Å². The van der Waals surface area contributed by atoms with Crippen LogP contribution in [0.3, 0.4) is 0 Å². The molecule has 1 unspecified atom stereocenters. The number of halogens is 2. The number of hydrogen-bond donors (Lipinski definition) is 1. The van der Waals surface area contributed by atoms with Gasteiger partial charge in [0.1, 0.15) is 0 Å². The van der Waals surface area contributed by atoms with Crippen molar-refractivity contribution >= 4 is 17.7 Å². The van der Waals surface area contributed by atoms with E-state index in [4.69, 9.17) is 4.52 Å². The van der Waals surface area contributed by atoms with E-state index in [-0.39, 0.29) is 5.91 Å². The number of thioether (sulfide) groups is 1. The molecule has 0 radical (unpaired) electrons. The van der Waals surface area contributed by atoms with Crippen LogP contribution < -0.4 is 5.32 Å². The lowest BCUT2D eigenvalue weighted by atomic mass is 10.1. The second-order valence-electron chi connectivity index (χ2n) is 5.89. The van der Waals surface area contributed by atoms with Gasteiger partial charge in [-0.25, -0.2) is 8.78 Å². The maximum Gasteiger partial charge on any atom is 0.252 e. The van der Waals surface area contributed by atoms with E-state index in [9.17, 15) is 13.6 Å². The zero-order valence-electron chi connectivity index (χ0n) is 14.7. The molecule has 0 bridgehead atoms. The lowest BCUT2D eigenvalue weighted by Crippen LogP contribution is -2.27. The van der Waals surface area contributed by atoms with Gasteiger partial charge in [-0.15, -0.1) is 11.8 Å². The molecule has 140 valence electrons. The zero-order valence-corrected chi connectivity index (χ0v) is 15.5. The van der Waals surface area contributed by atoms with E-state index in [1.165, 1.54) is 17.8 Å². The number of carbonyl (C=O) groups excluding carboxylic acids is 1. The number of aryl methyl sites for hydroxylation is 1. The van der Waals surface area contributed by atoms with Gasteiger partial charge in [-0.1, -0.05) is 23.4 Å². The molecule has 0 saturated heterocycles. The Hall–Kier alpha value is -2.74. The molecule has 0 fully saturated rings. The number of nitrogens with one attached hydrogen (secondary N) is 1. The Balaban J connectivity index is 1.71. The summed E-state index contributed by atoms with van der Waals surface area (Å²) in [6.07, 6.45) is 0. The molecule has 1 N–H and O–H groups in total. The zero-order chi connectivity index (χ0) is 19.4. The monoisotopic (exact) mass is 389 g/mol. The number of amides is 1. The molecule has 8 heteroatoms. The van der Waals surface area contributed by atoms with Crippen LogP contribution in [0, 0.1) is 18.6 Å². The van der Waals surface area contributed by atoms with Gasteiger partial charge in [0, 0.05) is 4.90 Å². The Morgan fingerprint density at radius 1 is 1.22 bits per heavy atom. The Kier molecular flexibility index (Phi) is 5.85. The van der Waals surface area contributed by atoms with Crippen LogP contribution in [0.5, 0.6) is 0 Å². The molecule has 1 heterocycles. The first-order valence-corrected chi connectivity index (χ1v) is 9.19. The molecular formula is C19H17F2N3O2S. The first-order valence-electron chi connectivity index (χ1n) is 8.21. The molecule has 0 aliphatic rings. The van der Waals surface area contributed by atoms with Crippen molar-refractivity contribution in [2.75, 3.05) is 0 Å². The molecule has 1 aromatic heterocycles. The number of aromatic nitrogens is 2. The molecule has 1 atom stereocenters. The fourth-order valence-electron chi connectivity index (χ4n) is 2.46. The predicted octanol–water partition coefficient (Wildman–Crippen LogP) is 4.44. The molecule has 3 rings (SSSR count). The second kappa shape index (κ2) is 8.30. The first-order chi connectivity index (χ1) is 12.9. The summed E-state index contributed by atoms with van der Waals surface area (Å²) >= 11 is 1.40. The summed E-state index contributed by atoms with van der Waals surface area (Å²) in [6, 6.07) is 10.2. The number of hydrogen-bond acceptors (Lipinski definition) is 5. The highest BCUT2D eigenvalue weighted by Crippen LogP contribution is 2.26. The van der Waals surface area contributed by atoms with Gasteiger partial charge < -0.3 is 9.84 Å². The third-order valence-electron chi connectivity index (χ3n) is 3.84. The molecule has 27 heavy (non-hydrogen) atoms. The normalized spacial score (nSPS) is 12.0. The van der Waals surface area contributed by atoms with Gasteiger partial charge in [0.05, 0.1) is 17.4 Å². The Morgan fingerprint density at radius 3 is 2.70 bits per heavy atom. The number of rotatable bonds is 6. The van der Waals surface area contributed by atoms with Gasteiger partial charge in [0.25, 0.3) is 5.91 Å². The van der Waals surface area contributed by atoms with E-state index in [2.05, 4.69) is 15.5 Å². The first kappa shape index (κ1) is 19.0. The largest absolute Gasteiger partial charge is 0.345 e. The lowest BCUT2D eigenvalue weighted by molar-refractivity contribution is 0.0937. The lowest BCUT2D eigenvalue weighted by Gasteiger charge is -2.16. The van der Waals surface area contributed by atoms with Gasteiger partial charge in [-0.05, 0) is 43.7 Å². The van der Waals surface area contributed by atoms with Crippen molar-refractivity contribution in [1.82, 2.24) is 15.5 Å². The molecule has 0 saturated carbocycles. The third-order valence-corrected chi connectivity index (χ3v) is 4.90. The standard InChI is InChI=1S/C19H17F2N3O2S/c1-11(13-7-8-15(20)16(21)9-13)22-19(25)14-5-3-4-6-17(14)27-10-18-23-12(2)24-26-18/h3-9,11H,10H2,1-2H3,(H,22,25). The van der Waals surface area contributed by atoms with Crippen LogP contribution in [0.15, 0.2) is 51.9 Å². The van der Waals surface area contributed by atoms with Crippen LogP contribution >= 0.6 is 11.8 Å². The molecule has 3 aromatic rings. The van der Waals surface area contributed by atoms with E-state index in [1.54, 1.807) is 26.0 Å². The van der Waals surface area contributed by atoms with Gasteiger partial charge in [0.15, 0.2) is 17.5 Å². The van der Waals surface area contributed by atoms with E-state index in [0.717, 1.165) is 17.0 Å². The summed E-state index contributed by atoms with van der Waals surface area (Å²) in [7, 11) is 0. The minimum atomic E-state index is -0.945. The topological polar surface area (TPSA) is 68.0 Å². The third kappa shape index (κ3) is 4.71. The Labute approximate surface area is 159 Å². The molecule has 2 aromatic carbocycles. The fourth-order valence-corrected chi connectivity index (χ4v) is 3.34. The average molecular weight is 389 g/mol. The van der Waals surface area contributed by atoms with Crippen molar-refractivity contribution < 1.29 is 18.1 Å². The Morgan fingerprint density at radius 2 is 2.00 bits per heavy atom. The van der Waals surface area contributed by atoms with Crippen LogP contribution in [0.4, 0.5) is 8.78 Å².